The molecule has 0 radical (unpaired) electrons. The second-order valence-corrected chi connectivity index (χ2v) is 8.71. The molecule has 0 aliphatic heterocycles. The molecule has 2 aromatic carbocycles. The van der Waals surface area contributed by atoms with E-state index in [1.165, 1.54) is 0 Å². The van der Waals surface area contributed by atoms with Crippen molar-refractivity contribution in [2.45, 2.75) is 38.8 Å². The summed E-state index contributed by atoms with van der Waals surface area (Å²) in [6.45, 7) is 0.763. The highest BCUT2D eigenvalue weighted by molar-refractivity contribution is 5.94. The second kappa shape index (κ2) is 9.66. The van der Waals surface area contributed by atoms with Crippen LogP contribution in [0.4, 0.5) is 0 Å². The molecule has 0 fully saturated rings. The number of aryl methyl sites for hydroxylation is 2. The van der Waals surface area contributed by atoms with Crippen molar-refractivity contribution in [2.75, 3.05) is 14.2 Å². The van der Waals surface area contributed by atoms with Crippen molar-refractivity contribution in [3.05, 3.63) is 93.2 Å². The summed E-state index contributed by atoms with van der Waals surface area (Å²) in [6.07, 6.45) is 7.69. The van der Waals surface area contributed by atoms with Crippen LogP contribution < -0.4 is 20.3 Å². The number of carbonyl (C=O) groups excluding carboxylic acids is 1. The zero-order chi connectivity index (χ0) is 24.4. The van der Waals surface area contributed by atoms with E-state index in [-0.39, 0.29) is 11.5 Å². The van der Waals surface area contributed by atoms with Crippen LogP contribution in [0.1, 0.15) is 45.6 Å². The molecule has 0 atom stereocenters. The molecular formula is C27H28N4O4. The van der Waals surface area contributed by atoms with Crippen LogP contribution in [0.5, 0.6) is 11.5 Å². The van der Waals surface area contributed by atoms with Gasteiger partial charge in [0.25, 0.3) is 11.5 Å². The van der Waals surface area contributed by atoms with Gasteiger partial charge in [0.2, 0.25) is 0 Å². The summed E-state index contributed by atoms with van der Waals surface area (Å²) >= 11 is 0. The minimum atomic E-state index is -0.182. The van der Waals surface area contributed by atoms with Gasteiger partial charge in [-0.05, 0) is 55.5 Å². The Kier molecular flexibility index (Phi) is 6.27. The van der Waals surface area contributed by atoms with Crippen LogP contribution in [0.25, 0.3) is 5.52 Å². The molecule has 0 saturated heterocycles. The number of aromatic nitrogens is 3. The zero-order valence-electron chi connectivity index (χ0n) is 19.9. The Labute approximate surface area is 203 Å². The average molecular weight is 473 g/mol. The molecule has 1 aliphatic carbocycles. The number of carbonyl (C=O) groups is 1. The molecule has 2 heterocycles. The average Bonchev–Trinajstić information content (AvgIpc) is 3.28. The molecule has 0 spiro atoms. The molecule has 5 rings (SSSR count). The lowest BCUT2D eigenvalue weighted by molar-refractivity contribution is 0.0950. The van der Waals surface area contributed by atoms with Crippen molar-refractivity contribution in [3.63, 3.8) is 0 Å². The minimum absolute atomic E-state index is 0.0293. The highest BCUT2D eigenvalue weighted by Crippen LogP contribution is 2.25. The number of rotatable bonds is 7. The van der Waals surface area contributed by atoms with Gasteiger partial charge < -0.3 is 19.4 Å². The number of amides is 1. The molecule has 2 aromatic heterocycles. The molecule has 8 nitrogen and oxygen atoms in total. The third kappa shape index (κ3) is 4.51. The van der Waals surface area contributed by atoms with Gasteiger partial charge in [0.05, 0.1) is 26.5 Å². The first kappa shape index (κ1) is 22.7. The van der Waals surface area contributed by atoms with Crippen molar-refractivity contribution < 1.29 is 14.3 Å². The van der Waals surface area contributed by atoms with Crippen LogP contribution in [-0.4, -0.2) is 34.3 Å². The third-order valence-corrected chi connectivity index (χ3v) is 6.54. The van der Waals surface area contributed by atoms with Gasteiger partial charge in [-0.15, -0.1) is 0 Å². The van der Waals surface area contributed by atoms with Crippen LogP contribution in [-0.2, 0) is 25.9 Å². The lowest BCUT2D eigenvalue weighted by Crippen LogP contribution is -2.24. The van der Waals surface area contributed by atoms with E-state index in [4.69, 9.17) is 9.47 Å². The van der Waals surface area contributed by atoms with Crippen LogP contribution in [0, 0.1) is 0 Å². The van der Waals surface area contributed by atoms with Gasteiger partial charge in [0, 0.05) is 41.7 Å². The van der Waals surface area contributed by atoms with E-state index in [2.05, 4.69) is 10.4 Å². The first-order chi connectivity index (χ1) is 17.1. The van der Waals surface area contributed by atoms with Gasteiger partial charge in [-0.25, -0.2) is 4.52 Å². The van der Waals surface area contributed by atoms with Gasteiger partial charge >= 0.3 is 0 Å². The fourth-order valence-corrected chi connectivity index (χ4v) is 4.61. The Morgan fingerprint density at radius 3 is 2.60 bits per heavy atom. The molecule has 180 valence electrons. The summed E-state index contributed by atoms with van der Waals surface area (Å²) in [7, 11) is 3.18. The Balaban J connectivity index is 1.28. The van der Waals surface area contributed by atoms with Crippen LogP contribution in [0.15, 0.2) is 59.7 Å². The number of nitrogens with one attached hydrogen (secondary N) is 1. The summed E-state index contributed by atoms with van der Waals surface area (Å²) < 4.78 is 14.0. The molecule has 35 heavy (non-hydrogen) atoms. The quantitative estimate of drug-likeness (QED) is 0.446. The van der Waals surface area contributed by atoms with Crippen LogP contribution >= 0.6 is 0 Å². The van der Waals surface area contributed by atoms with Gasteiger partial charge in [0.15, 0.2) is 0 Å². The fourth-order valence-electron chi connectivity index (χ4n) is 4.61. The van der Waals surface area contributed by atoms with E-state index >= 15 is 0 Å². The summed E-state index contributed by atoms with van der Waals surface area (Å²) in [5.74, 6) is 1.17. The summed E-state index contributed by atoms with van der Waals surface area (Å²) in [6, 6.07) is 12.8. The van der Waals surface area contributed by atoms with Gasteiger partial charge in [-0.3, -0.25) is 9.59 Å². The maximum atomic E-state index is 13.2. The zero-order valence-corrected chi connectivity index (χ0v) is 19.9. The van der Waals surface area contributed by atoms with Crippen molar-refractivity contribution >= 4 is 11.4 Å². The third-order valence-electron chi connectivity index (χ3n) is 6.54. The molecule has 0 unspecified atom stereocenters. The van der Waals surface area contributed by atoms with Crippen molar-refractivity contribution in [1.82, 2.24) is 19.5 Å². The van der Waals surface area contributed by atoms with E-state index in [0.717, 1.165) is 48.1 Å². The molecule has 0 saturated carbocycles. The first-order valence-corrected chi connectivity index (χ1v) is 11.7. The molecular weight excluding hydrogens is 444 g/mol. The van der Waals surface area contributed by atoms with Crippen molar-refractivity contribution in [1.29, 1.82) is 0 Å². The molecule has 4 aromatic rings. The minimum Gasteiger partial charge on any atom is -0.497 e. The van der Waals surface area contributed by atoms with Crippen molar-refractivity contribution in [2.24, 2.45) is 0 Å². The predicted molar refractivity (Wildman–Crippen MR) is 132 cm³/mol. The number of methoxy groups -OCH3 is 2. The largest absolute Gasteiger partial charge is 0.497 e. The predicted octanol–water partition coefficient (Wildman–Crippen LogP) is 3.37. The van der Waals surface area contributed by atoms with Gasteiger partial charge in [-0.2, -0.15) is 5.10 Å². The molecule has 1 aliphatic rings. The van der Waals surface area contributed by atoms with Gasteiger partial charge in [-0.1, -0.05) is 12.1 Å². The Morgan fingerprint density at radius 1 is 1.03 bits per heavy atom. The number of ether oxygens (including phenoxy) is 2. The number of hydrogen-bond acceptors (Lipinski definition) is 5. The van der Waals surface area contributed by atoms with Crippen LogP contribution in [0.2, 0.25) is 0 Å². The van der Waals surface area contributed by atoms with E-state index < -0.39 is 0 Å². The van der Waals surface area contributed by atoms with Crippen molar-refractivity contribution in [3.8, 4) is 11.5 Å². The number of fused-ring (bicyclic) bond motifs is 3. The molecule has 8 heteroatoms. The molecule has 0 bridgehead atoms. The maximum absolute atomic E-state index is 13.2. The second-order valence-electron chi connectivity index (χ2n) is 8.71. The monoisotopic (exact) mass is 472 g/mol. The lowest BCUT2D eigenvalue weighted by Gasteiger charge is -2.12. The Morgan fingerprint density at radius 2 is 1.83 bits per heavy atom. The van der Waals surface area contributed by atoms with Gasteiger partial charge in [0.1, 0.15) is 17.0 Å². The summed E-state index contributed by atoms with van der Waals surface area (Å²) in [4.78, 5) is 25.8. The number of benzene rings is 2. The highest BCUT2D eigenvalue weighted by atomic mass is 16.5. The van der Waals surface area contributed by atoms with Crippen LogP contribution in [0.3, 0.4) is 0 Å². The molecule has 1 amide bonds. The summed E-state index contributed by atoms with van der Waals surface area (Å²) in [5.41, 5.74) is 5.15. The normalized spacial score (nSPS) is 12.9. The van der Waals surface area contributed by atoms with E-state index in [1.54, 1.807) is 47.7 Å². The highest BCUT2D eigenvalue weighted by Gasteiger charge is 2.19. The summed E-state index contributed by atoms with van der Waals surface area (Å²) in [5, 5.41) is 7.52. The maximum Gasteiger partial charge on any atom is 0.277 e. The fraction of sp³-hybridized carbons (Fsp3) is 0.296. The molecule has 1 N–H and O–H groups in total. The number of nitrogens with zero attached hydrogens (tertiary/aromatic N) is 3. The van der Waals surface area contributed by atoms with E-state index in [1.807, 2.05) is 30.5 Å². The lowest BCUT2D eigenvalue weighted by atomic mass is 9.97. The topological polar surface area (TPSA) is 86.9 Å². The first-order valence-electron chi connectivity index (χ1n) is 11.7. The SMILES string of the molecule is COc1ccc(CNC(=O)c2ccc(Cn3ccn4nc5c(c4c3=O)CCCC5)cc2)c(OC)c1. The van der Waals surface area contributed by atoms with E-state index in [0.29, 0.717) is 35.7 Å². The number of hydrogen-bond donors (Lipinski definition) is 1. The standard InChI is InChI=1S/C27H28N4O4/c1-34-21-12-11-20(24(15-21)35-2)16-28-26(32)19-9-7-18(8-10-19)17-30-13-14-31-25(27(30)33)22-5-3-4-6-23(22)29-31/h7-15H,3-6,16-17H2,1-2H3,(H,28,32). The van der Waals surface area contributed by atoms with E-state index in [9.17, 15) is 9.59 Å². The smallest absolute Gasteiger partial charge is 0.277 e. The Hall–Kier alpha value is -4.07. The Bertz CT molecular complexity index is 1440.